The molecular weight excluding hydrogens is 452 g/mol. The number of fused-ring (bicyclic) bond motifs is 2. The van der Waals surface area contributed by atoms with Crippen LogP contribution >= 0.6 is 0 Å². The molecule has 0 saturated carbocycles. The van der Waals surface area contributed by atoms with Crippen LogP contribution in [-0.4, -0.2) is 17.4 Å². The first-order chi connectivity index (χ1) is 17.7. The van der Waals surface area contributed by atoms with Gasteiger partial charge in [-0.3, -0.25) is 9.59 Å². The lowest BCUT2D eigenvalue weighted by molar-refractivity contribution is -0.140. The van der Waals surface area contributed by atoms with Crippen LogP contribution in [-0.2, 0) is 21.8 Å². The van der Waals surface area contributed by atoms with E-state index in [-0.39, 0.29) is 5.78 Å². The van der Waals surface area contributed by atoms with E-state index >= 15 is 0 Å². The van der Waals surface area contributed by atoms with Crippen LogP contribution in [0.4, 0.5) is 5.69 Å². The number of nitrogens with zero attached hydrogens (tertiary/aromatic N) is 1. The number of benzene rings is 4. The first-order valence-electron chi connectivity index (χ1n) is 11.7. The van der Waals surface area contributed by atoms with Crippen molar-refractivity contribution >= 4 is 23.1 Å². The van der Waals surface area contributed by atoms with Crippen molar-refractivity contribution in [3.05, 3.63) is 131 Å². The Bertz CT molecular complexity index is 1470. The molecule has 0 saturated heterocycles. The highest BCUT2D eigenvalue weighted by Crippen LogP contribution is 2.49. The fourth-order valence-electron chi connectivity index (χ4n) is 4.81. The van der Waals surface area contributed by atoms with Gasteiger partial charge in [0.25, 0.3) is 11.5 Å². The minimum absolute atomic E-state index is 0.233. The summed E-state index contributed by atoms with van der Waals surface area (Å²) in [6, 6.07) is 33.4. The van der Waals surface area contributed by atoms with E-state index in [9.17, 15) is 9.59 Å². The Morgan fingerprint density at radius 2 is 1.53 bits per heavy atom. The number of hydrogen-bond donors (Lipinski definition) is 1. The number of carbonyl (C=O) groups excluding carboxylic acids is 2. The molecule has 0 fully saturated rings. The van der Waals surface area contributed by atoms with Crippen molar-refractivity contribution in [3.8, 4) is 5.75 Å². The van der Waals surface area contributed by atoms with E-state index in [2.05, 4.69) is 10.5 Å². The second-order valence-electron chi connectivity index (χ2n) is 8.77. The molecule has 6 heteroatoms. The Morgan fingerprint density at radius 3 is 2.28 bits per heavy atom. The predicted octanol–water partition coefficient (Wildman–Crippen LogP) is 5.35. The molecule has 1 spiro atoms. The molecule has 4 aromatic carbocycles. The summed E-state index contributed by atoms with van der Waals surface area (Å²) in [4.78, 5) is 33.2. The van der Waals surface area contributed by atoms with Crippen LogP contribution in [0.15, 0.2) is 114 Å². The third kappa shape index (κ3) is 3.55. The van der Waals surface area contributed by atoms with E-state index in [1.165, 1.54) is 0 Å². The van der Waals surface area contributed by atoms with E-state index < -0.39 is 17.4 Å². The molecule has 0 bridgehead atoms. The number of amides is 1. The zero-order valence-corrected chi connectivity index (χ0v) is 19.3. The lowest BCUT2D eigenvalue weighted by Crippen LogP contribution is -2.46. The van der Waals surface area contributed by atoms with Crippen molar-refractivity contribution in [2.45, 2.75) is 12.2 Å². The monoisotopic (exact) mass is 474 g/mol. The zero-order chi connectivity index (χ0) is 24.5. The first-order valence-corrected chi connectivity index (χ1v) is 11.7. The number of ether oxygens (including phenoxy) is 1. The molecule has 4 aromatic rings. The minimum atomic E-state index is -1.57. The number of ketones is 1. The summed E-state index contributed by atoms with van der Waals surface area (Å²) in [7, 11) is 0. The lowest BCUT2D eigenvalue weighted by Gasteiger charge is -2.26. The number of hydrogen-bond acceptors (Lipinski definition) is 5. The molecule has 6 rings (SSSR count). The number of oxime groups is 1. The van der Waals surface area contributed by atoms with E-state index in [1.807, 2.05) is 72.8 Å². The Balaban J connectivity index is 1.36. The van der Waals surface area contributed by atoms with Crippen LogP contribution in [0.1, 0.15) is 27.0 Å². The number of Topliss-reactive ketones (excluding diaryl/α,β-unsaturated/α-hetero) is 1. The molecule has 2 aliphatic rings. The van der Waals surface area contributed by atoms with Gasteiger partial charge in [0.05, 0.1) is 0 Å². The Morgan fingerprint density at radius 1 is 0.861 bits per heavy atom. The highest BCUT2D eigenvalue weighted by atomic mass is 16.7. The summed E-state index contributed by atoms with van der Waals surface area (Å²) >= 11 is 0. The summed E-state index contributed by atoms with van der Waals surface area (Å²) in [6.07, 6.45) is 0. The molecule has 1 amide bonds. The summed E-state index contributed by atoms with van der Waals surface area (Å²) in [5.41, 5.74) is 2.30. The molecule has 2 heterocycles. The van der Waals surface area contributed by atoms with E-state index in [4.69, 9.17) is 9.57 Å². The van der Waals surface area contributed by atoms with E-state index in [1.54, 1.807) is 36.4 Å². The van der Waals surface area contributed by atoms with Gasteiger partial charge in [-0.05, 0) is 35.9 Å². The smallest absolute Gasteiger partial charge is 0.277 e. The van der Waals surface area contributed by atoms with Gasteiger partial charge in [0.15, 0.2) is 5.78 Å². The maximum atomic E-state index is 13.9. The topological polar surface area (TPSA) is 77.0 Å². The van der Waals surface area contributed by atoms with Crippen molar-refractivity contribution in [2.24, 2.45) is 11.1 Å². The number of carbonyl (C=O) groups is 2. The molecule has 2 aliphatic heterocycles. The van der Waals surface area contributed by atoms with E-state index in [0.717, 1.165) is 5.56 Å². The van der Waals surface area contributed by atoms with Crippen LogP contribution in [0.5, 0.6) is 5.75 Å². The third-order valence-electron chi connectivity index (χ3n) is 6.60. The largest absolute Gasteiger partial charge is 0.489 e. The summed E-state index contributed by atoms with van der Waals surface area (Å²) in [6.45, 7) is 0.444. The molecule has 176 valence electrons. The lowest BCUT2D eigenvalue weighted by atomic mass is 9.74. The van der Waals surface area contributed by atoms with Gasteiger partial charge in [-0.25, -0.2) is 0 Å². The molecule has 1 N–H and O–H groups in total. The van der Waals surface area contributed by atoms with Crippen molar-refractivity contribution < 1.29 is 19.2 Å². The quantitative estimate of drug-likeness (QED) is 0.383. The van der Waals surface area contributed by atoms with Crippen LogP contribution in [0, 0.1) is 5.92 Å². The average Bonchev–Trinajstić information content (AvgIpc) is 3.47. The fraction of sp³-hybridized carbons (Fsp3) is 0.100. The minimum Gasteiger partial charge on any atom is -0.489 e. The van der Waals surface area contributed by atoms with Crippen LogP contribution in [0.2, 0.25) is 0 Å². The van der Waals surface area contributed by atoms with Gasteiger partial charge in [0.2, 0.25) is 0 Å². The van der Waals surface area contributed by atoms with Crippen LogP contribution in [0.3, 0.4) is 0 Å². The summed E-state index contributed by atoms with van der Waals surface area (Å²) < 4.78 is 5.91. The molecule has 36 heavy (non-hydrogen) atoms. The number of para-hydroxylation sites is 1. The third-order valence-corrected chi connectivity index (χ3v) is 6.60. The second kappa shape index (κ2) is 8.82. The van der Waals surface area contributed by atoms with Crippen LogP contribution < -0.4 is 10.1 Å². The summed E-state index contributed by atoms with van der Waals surface area (Å²) in [5.74, 6) is -0.908. The van der Waals surface area contributed by atoms with Crippen molar-refractivity contribution in [3.63, 3.8) is 0 Å². The molecule has 0 aromatic heterocycles. The maximum Gasteiger partial charge on any atom is 0.277 e. The van der Waals surface area contributed by atoms with Crippen molar-refractivity contribution in [1.29, 1.82) is 0 Å². The van der Waals surface area contributed by atoms with Gasteiger partial charge in [0, 0.05) is 22.4 Å². The predicted molar refractivity (Wildman–Crippen MR) is 136 cm³/mol. The van der Waals surface area contributed by atoms with Crippen molar-refractivity contribution in [2.75, 3.05) is 5.32 Å². The molecule has 6 nitrogen and oxygen atoms in total. The van der Waals surface area contributed by atoms with Gasteiger partial charge < -0.3 is 14.9 Å². The standard InChI is InChI=1S/C30H22N2O4/c33-28(22-11-5-2-6-12-22)26-27(32-36-30(26)24-13-7-8-14-25(24)31-29(30)34)21-15-17-23(18-16-21)35-19-20-9-3-1-4-10-20/h1-18,26H,19H2,(H,31,34). The Kier molecular flexibility index (Phi) is 5.34. The van der Waals surface area contributed by atoms with Gasteiger partial charge in [-0.2, -0.15) is 0 Å². The van der Waals surface area contributed by atoms with Gasteiger partial charge >= 0.3 is 0 Å². The molecule has 0 radical (unpaired) electrons. The normalized spacial score (nSPS) is 19.8. The fourth-order valence-corrected chi connectivity index (χ4v) is 4.81. The van der Waals surface area contributed by atoms with Gasteiger partial charge in [0.1, 0.15) is 24.0 Å². The van der Waals surface area contributed by atoms with Crippen LogP contribution in [0.25, 0.3) is 0 Å². The van der Waals surface area contributed by atoms with Gasteiger partial charge in [-0.1, -0.05) is 84.0 Å². The maximum absolute atomic E-state index is 13.9. The second-order valence-corrected chi connectivity index (χ2v) is 8.77. The number of nitrogens with one attached hydrogen (secondary N) is 1. The first kappa shape index (κ1) is 21.8. The number of rotatable bonds is 6. The average molecular weight is 475 g/mol. The molecule has 2 atom stereocenters. The molecule has 2 unspecified atom stereocenters. The SMILES string of the molecule is O=C(c1ccccc1)C1C(c2ccc(OCc3ccccc3)cc2)=NOC12C(=O)Nc1ccccc12. The van der Waals surface area contributed by atoms with Gasteiger partial charge in [-0.15, -0.1) is 0 Å². The Labute approximate surface area is 208 Å². The highest BCUT2D eigenvalue weighted by Gasteiger charge is 2.63. The molecule has 0 aliphatic carbocycles. The zero-order valence-electron chi connectivity index (χ0n) is 19.3. The number of anilines is 1. The van der Waals surface area contributed by atoms with Crippen molar-refractivity contribution in [1.82, 2.24) is 0 Å². The Hall–Kier alpha value is -4.71. The highest BCUT2D eigenvalue weighted by molar-refractivity contribution is 6.24. The van der Waals surface area contributed by atoms with E-state index in [0.29, 0.717) is 40.4 Å². The molecular formula is C30H22N2O4. The summed E-state index contributed by atoms with van der Waals surface area (Å²) in [5, 5.41) is 7.21.